The second kappa shape index (κ2) is 5.09. The summed E-state index contributed by atoms with van der Waals surface area (Å²) in [6.45, 7) is 3.95. The standard InChI is InChI=1S/C16H16N2O3/c1-3-10-9-11(16(20)21-4-2)14-17-12-7-5-6-8-13(12)18(14)15(10)19/h5-9,17H,3-4H2,1-2H3. The van der Waals surface area contributed by atoms with E-state index in [0.29, 0.717) is 29.8 Å². The normalized spacial score (nSPS) is 11.1. The van der Waals surface area contributed by atoms with E-state index < -0.39 is 5.97 Å². The van der Waals surface area contributed by atoms with E-state index in [1.54, 1.807) is 17.4 Å². The second-order valence-electron chi connectivity index (χ2n) is 4.79. The van der Waals surface area contributed by atoms with Crippen molar-refractivity contribution in [2.75, 3.05) is 6.61 Å². The Morgan fingerprint density at radius 3 is 2.76 bits per heavy atom. The van der Waals surface area contributed by atoms with Crippen LogP contribution in [0.4, 0.5) is 0 Å². The van der Waals surface area contributed by atoms with Crippen molar-refractivity contribution < 1.29 is 9.53 Å². The topological polar surface area (TPSA) is 63.6 Å². The molecule has 0 saturated heterocycles. The molecule has 0 radical (unpaired) electrons. The quantitative estimate of drug-likeness (QED) is 0.752. The summed E-state index contributed by atoms with van der Waals surface area (Å²) < 4.78 is 6.65. The van der Waals surface area contributed by atoms with Gasteiger partial charge in [0.2, 0.25) is 0 Å². The molecule has 0 unspecified atom stereocenters. The van der Waals surface area contributed by atoms with Gasteiger partial charge in [0.05, 0.1) is 17.6 Å². The van der Waals surface area contributed by atoms with Crippen LogP contribution >= 0.6 is 0 Å². The SMILES string of the molecule is CCOC(=O)c1cc(CC)c(=O)n2c1[nH]c1ccccc12. The van der Waals surface area contributed by atoms with Gasteiger partial charge in [-0.15, -0.1) is 0 Å². The molecule has 2 heterocycles. The number of H-pyrrole nitrogens is 1. The molecule has 0 aliphatic carbocycles. The molecule has 0 aliphatic rings. The maximum absolute atomic E-state index is 12.6. The van der Waals surface area contributed by atoms with Crippen LogP contribution in [0, 0.1) is 0 Å². The van der Waals surface area contributed by atoms with Gasteiger partial charge in [-0.25, -0.2) is 4.79 Å². The van der Waals surface area contributed by atoms with Crippen LogP contribution in [0.2, 0.25) is 0 Å². The van der Waals surface area contributed by atoms with E-state index >= 15 is 0 Å². The first-order valence-corrected chi connectivity index (χ1v) is 6.99. The van der Waals surface area contributed by atoms with Crippen LogP contribution in [0.1, 0.15) is 29.8 Å². The van der Waals surface area contributed by atoms with Gasteiger partial charge in [0.15, 0.2) is 0 Å². The van der Waals surface area contributed by atoms with E-state index in [1.807, 2.05) is 31.2 Å². The van der Waals surface area contributed by atoms with Crippen LogP contribution in [0.5, 0.6) is 0 Å². The largest absolute Gasteiger partial charge is 0.462 e. The number of aromatic amines is 1. The third-order valence-corrected chi connectivity index (χ3v) is 3.55. The average molecular weight is 284 g/mol. The molecule has 108 valence electrons. The molecule has 0 fully saturated rings. The molecule has 0 saturated carbocycles. The summed E-state index contributed by atoms with van der Waals surface area (Å²) >= 11 is 0. The summed E-state index contributed by atoms with van der Waals surface area (Å²) in [5.74, 6) is -0.420. The zero-order chi connectivity index (χ0) is 15.0. The van der Waals surface area contributed by atoms with Crippen molar-refractivity contribution in [3.8, 4) is 0 Å². The van der Waals surface area contributed by atoms with Crippen LogP contribution in [0.25, 0.3) is 16.7 Å². The van der Waals surface area contributed by atoms with Crippen LogP contribution < -0.4 is 5.56 Å². The van der Waals surface area contributed by atoms with Crippen LogP contribution in [-0.2, 0) is 11.2 Å². The van der Waals surface area contributed by atoms with E-state index in [0.717, 1.165) is 11.0 Å². The molecule has 5 heteroatoms. The minimum absolute atomic E-state index is 0.0991. The lowest BCUT2D eigenvalue weighted by atomic mass is 10.1. The van der Waals surface area contributed by atoms with Crippen molar-refractivity contribution in [1.82, 2.24) is 9.38 Å². The number of pyridine rings is 1. The lowest BCUT2D eigenvalue weighted by molar-refractivity contribution is 0.0528. The molecule has 3 aromatic rings. The van der Waals surface area contributed by atoms with Crippen molar-refractivity contribution in [2.24, 2.45) is 0 Å². The summed E-state index contributed by atoms with van der Waals surface area (Å²) in [5.41, 5.74) is 2.95. The van der Waals surface area contributed by atoms with Gasteiger partial charge in [-0.2, -0.15) is 0 Å². The second-order valence-corrected chi connectivity index (χ2v) is 4.79. The number of ether oxygens (including phenoxy) is 1. The Balaban J connectivity index is 2.45. The zero-order valence-corrected chi connectivity index (χ0v) is 12.0. The third-order valence-electron chi connectivity index (χ3n) is 3.55. The number of hydrogen-bond acceptors (Lipinski definition) is 3. The van der Waals surface area contributed by atoms with Crippen LogP contribution in [0.3, 0.4) is 0 Å². The first kappa shape index (κ1) is 13.4. The molecule has 0 amide bonds. The maximum Gasteiger partial charge on any atom is 0.341 e. The Hall–Kier alpha value is -2.56. The van der Waals surface area contributed by atoms with Crippen molar-refractivity contribution in [1.29, 1.82) is 0 Å². The number of benzene rings is 1. The fraction of sp³-hybridized carbons (Fsp3) is 0.250. The number of aryl methyl sites for hydroxylation is 1. The fourth-order valence-corrected chi connectivity index (χ4v) is 2.54. The number of carbonyl (C=O) groups is 1. The Bertz CT molecular complexity index is 890. The summed E-state index contributed by atoms with van der Waals surface area (Å²) in [4.78, 5) is 27.9. The van der Waals surface area contributed by atoms with Crippen molar-refractivity contribution in [3.63, 3.8) is 0 Å². The number of para-hydroxylation sites is 2. The molecule has 1 aromatic carbocycles. The number of fused-ring (bicyclic) bond motifs is 3. The molecular formula is C16H16N2O3. The Morgan fingerprint density at radius 2 is 2.05 bits per heavy atom. The van der Waals surface area contributed by atoms with Gasteiger partial charge in [0, 0.05) is 5.56 Å². The highest BCUT2D eigenvalue weighted by Gasteiger charge is 2.18. The summed E-state index contributed by atoms with van der Waals surface area (Å²) in [7, 11) is 0. The summed E-state index contributed by atoms with van der Waals surface area (Å²) in [6, 6.07) is 9.11. The van der Waals surface area contributed by atoms with E-state index in [1.165, 1.54) is 0 Å². The van der Waals surface area contributed by atoms with Gasteiger partial charge in [0.25, 0.3) is 5.56 Å². The molecule has 2 aromatic heterocycles. The third kappa shape index (κ3) is 2.01. The number of hydrogen-bond donors (Lipinski definition) is 1. The highest BCUT2D eigenvalue weighted by Crippen LogP contribution is 2.19. The number of imidazole rings is 1. The minimum atomic E-state index is -0.420. The molecule has 5 nitrogen and oxygen atoms in total. The fourth-order valence-electron chi connectivity index (χ4n) is 2.54. The molecular weight excluding hydrogens is 268 g/mol. The Kier molecular flexibility index (Phi) is 3.25. The molecule has 0 bridgehead atoms. The molecule has 0 atom stereocenters. The first-order valence-electron chi connectivity index (χ1n) is 6.99. The van der Waals surface area contributed by atoms with E-state index in [2.05, 4.69) is 4.98 Å². The monoisotopic (exact) mass is 284 g/mol. The molecule has 1 N–H and O–H groups in total. The van der Waals surface area contributed by atoms with E-state index in [9.17, 15) is 9.59 Å². The Morgan fingerprint density at radius 1 is 1.29 bits per heavy atom. The zero-order valence-electron chi connectivity index (χ0n) is 12.0. The van der Waals surface area contributed by atoms with Crippen LogP contribution in [0.15, 0.2) is 35.1 Å². The number of rotatable bonds is 3. The minimum Gasteiger partial charge on any atom is -0.462 e. The van der Waals surface area contributed by atoms with Crippen molar-refractivity contribution in [3.05, 3.63) is 51.8 Å². The van der Waals surface area contributed by atoms with Gasteiger partial charge in [-0.05, 0) is 31.5 Å². The number of nitrogens with one attached hydrogen (secondary N) is 1. The van der Waals surface area contributed by atoms with Gasteiger partial charge >= 0.3 is 5.97 Å². The number of esters is 1. The average Bonchev–Trinajstić information content (AvgIpc) is 2.87. The van der Waals surface area contributed by atoms with E-state index in [-0.39, 0.29) is 5.56 Å². The lowest BCUT2D eigenvalue weighted by Crippen LogP contribution is -2.20. The van der Waals surface area contributed by atoms with Crippen LogP contribution in [-0.4, -0.2) is 22.0 Å². The highest BCUT2D eigenvalue weighted by molar-refractivity contribution is 5.98. The lowest BCUT2D eigenvalue weighted by Gasteiger charge is -2.06. The van der Waals surface area contributed by atoms with Gasteiger partial charge in [0.1, 0.15) is 11.2 Å². The molecule has 3 rings (SSSR count). The Labute approximate surface area is 121 Å². The predicted octanol–water partition coefficient (Wildman–Crippen LogP) is 2.52. The highest BCUT2D eigenvalue weighted by atomic mass is 16.5. The van der Waals surface area contributed by atoms with Gasteiger partial charge in [-0.1, -0.05) is 19.1 Å². The van der Waals surface area contributed by atoms with Crippen molar-refractivity contribution in [2.45, 2.75) is 20.3 Å². The molecule has 21 heavy (non-hydrogen) atoms. The first-order chi connectivity index (χ1) is 10.2. The number of carbonyl (C=O) groups excluding carboxylic acids is 1. The molecule has 0 spiro atoms. The molecule has 0 aliphatic heterocycles. The summed E-state index contributed by atoms with van der Waals surface area (Å²) in [5, 5.41) is 0. The maximum atomic E-state index is 12.6. The van der Waals surface area contributed by atoms with Gasteiger partial charge < -0.3 is 9.72 Å². The number of aromatic nitrogens is 2. The van der Waals surface area contributed by atoms with E-state index in [4.69, 9.17) is 4.74 Å². The summed E-state index contributed by atoms with van der Waals surface area (Å²) in [6.07, 6.45) is 0.563. The smallest absolute Gasteiger partial charge is 0.341 e. The predicted molar refractivity (Wildman–Crippen MR) is 80.9 cm³/mol. The van der Waals surface area contributed by atoms with Gasteiger partial charge in [-0.3, -0.25) is 9.20 Å². The van der Waals surface area contributed by atoms with Crippen molar-refractivity contribution >= 4 is 22.6 Å². The number of nitrogens with zero attached hydrogens (tertiary/aromatic N) is 1.